The summed E-state index contributed by atoms with van der Waals surface area (Å²) >= 11 is 0. The zero-order valence-corrected chi connectivity index (χ0v) is 7.51. The van der Waals surface area contributed by atoms with Crippen LogP contribution in [-0.2, 0) is 9.53 Å². The number of esters is 1. The molecular formula is C9H14O4. The molecule has 74 valence electrons. The van der Waals surface area contributed by atoms with E-state index in [9.17, 15) is 15.0 Å². The maximum atomic E-state index is 10.5. The average Bonchev–Trinajstić information content (AvgIpc) is 2.07. The molecular weight excluding hydrogens is 172 g/mol. The maximum Gasteiger partial charge on any atom is 0.302 e. The van der Waals surface area contributed by atoms with Gasteiger partial charge in [0.1, 0.15) is 0 Å². The van der Waals surface area contributed by atoms with Gasteiger partial charge in [-0.2, -0.15) is 0 Å². The van der Waals surface area contributed by atoms with Crippen molar-refractivity contribution < 1.29 is 19.7 Å². The Labute approximate surface area is 76.8 Å². The molecule has 0 unspecified atom stereocenters. The molecule has 2 N–H and O–H groups in total. The first kappa shape index (κ1) is 10.2. The summed E-state index contributed by atoms with van der Waals surface area (Å²) in [6.07, 6.45) is 2.30. The van der Waals surface area contributed by atoms with Gasteiger partial charge in [-0.15, -0.1) is 0 Å². The number of carbonyl (C=O) groups excluding carboxylic acids is 1. The normalized spacial score (nSPS) is 33.0. The molecule has 1 aliphatic rings. The molecule has 0 amide bonds. The standard InChI is InChI=1S/C9H14O4/c1-6(10)13-5-7-3-2-4-8(11)9(7)12/h2,4,7-9,11-12H,3,5H2,1H3/t7-,8-,9+/m0/s1. The first-order chi connectivity index (χ1) is 6.11. The van der Waals surface area contributed by atoms with Crippen LogP contribution in [0, 0.1) is 5.92 Å². The number of aliphatic hydroxyl groups is 2. The molecule has 0 aromatic carbocycles. The van der Waals surface area contributed by atoms with Crippen LogP contribution in [0.5, 0.6) is 0 Å². The Kier molecular flexibility index (Phi) is 3.45. The van der Waals surface area contributed by atoms with Crippen molar-refractivity contribution in [3.63, 3.8) is 0 Å². The van der Waals surface area contributed by atoms with Crippen molar-refractivity contribution in [1.82, 2.24) is 0 Å². The van der Waals surface area contributed by atoms with E-state index in [0.29, 0.717) is 6.42 Å². The van der Waals surface area contributed by atoms with Gasteiger partial charge in [-0.05, 0) is 6.42 Å². The Morgan fingerprint density at radius 3 is 2.92 bits per heavy atom. The second kappa shape index (κ2) is 4.39. The lowest BCUT2D eigenvalue weighted by molar-refractivity contribution is -0.144. The molecule has 0 aromatic heterocycles. The zero-order chi connectivity index (χ0) is 9.84. The molecule has 1 aliphatic carbocycles. The van der Waals surface area contributed by atoms with Crippen LogP contribution in [-0.4, -0.2) is 35.0 Å². The van der Waals surface area contributed by atoms with Gasteiger partial charge >= 0.3 is 5.97 Å². The highest BCUT2D eigenvalue weighted by atomic mass is 16.5. The lowest BCUT2D eigenvalue weighted by atomic mass is 9.90. The predicted molar refractivity (Wildman–Crippen MR) is 45.9 cm³/mol. The van der Waals surface area contributed by atoms with Gasteiger partial charge in [0, 0.05) is 12.8 Å². The predicted octanol–water partition coefficient (Wildman–Crippen LogP) is -0.153. The average molecular weight is 186 g/mol. The maximum absolute atomic E-state index is 10.5. The summed E-state index contributed by atoms with van der Waals surface area (Å²) in [7, 11) is 0. The number of rotatable bonds is 2. The van der Waals surface area contributed by atoms with Crippen LogP contribution in [0.2, 0.25) is 0 Å². The van der Waals surface area contributed by atoms with Crippen LogP contribution in [0.15, 0.2) is 12.2 Å². The lowest BCUT2D eigenvalue weighted by Crippen LogP contribution is -2.37. The summed E-state index contributed by atoms with van der Waals surface area (Å²) in [6, 6.07) is 0. The van der Waals surface area contributed by atoms with E-state index in [2.05, 4.69) is 0 Å². The topological polar surface area (TPSA) is 66.8 Å². The van der Waals surface area contributed by atoms with Gasteiger partial charge in [0.15, 0.2) is 0 Å². The second-order valence-corrected chi connectivity index (χ2v) is 3.21. The molecule has 1 rings (SSSR count). The third kappa shape index (κ3) is 2.82. The SMILES string of the molecule is CC(=O)OC[C@@H]1CC=C[C@H](O)[C@@H]1O. The third-order valence-corrected chi connectivity index (χ3v) is 2.11. The minimum Gasteiger partial charge on any atom is -0.465 e. The third-order valence-electron chi connectivity index (χ3n) is 2.11. The van der Waals surface area contributed by atoms with E-state index in [0.717, 1.165) is 0 Å². The molecule has 0 aromatic rings. The van der Waals surface area contributed by atoms with E-state index in [1.54, 1.807) is 12.2 Å². The molecule has 4 nitrogen and oxygen atoms in total. The molecule has 0 radical (unpaired) electrons. The number of carbonyl (C=O) groups is 1. The van der Waals surface area contributed by atoms with E-state index in [-0.39, 0.29) is 18.5 Å². The minimum atomic E-state index is -0.839. The van der Waals surface area contributed by atoms with Crippen LogP contribution < -0.4 is 0 Å². The van der Waals surface area contributed by atoms with Crippen LogP contribution in [0.1, 0.15) is 13.3 Å². The molecule has 0 fully saturated rings. The highest BCUT2D eigenvalue weighted by Gasteiger charge is 2.27. The Hall–Kier alpha value is -0.870. The molecule has 13 heavy (non-hydrogen) atoms. The van der Waals surface area contributed by atoms with Crippen molar-refractivity contribution in [2.24, 2.45) is 5.92 Å². The first-order valence-corrected chi connectivity index (χ1v) is 4.27. The smallest absolute Gasteiger partial charge is 0.302 e. The minimum absolute atomic E-state index is 0.165. The number of hydrogen-bond donors (Lipinski definition) is 2. The highest BCUT2D eigenvalue weighted by molar-refractivity contribution is 5.65. The van der Waals surface area contributed by atoms with Gasteiger partial charge in [0.05, 0.1) is 18.8 Å². The van der Waals surface area contributed by atoms with E-state index in [4.69, 9.17) is 4.74 Å². The summed E-state index contributed by atoms with van der Waals surface area (Å²) in [5.41, 5.74) is 0. The largest absolute Gasteiger partial charge is 0.465 e. The highest BCUT2D eigenvalue weighted by Crippen LogP contribution is 2.19. The Morgan fingerprint density at radius 1 is 1.62 bits per heavy atom. The van der Waals surface area contributed by atoms with Crippen molar-refractivity contribution in [2.75, 3.05) is 6.61 Å². The Bertz CT molecular complexity index is 212. The van der Waals surface area contributed by atoms with Crippen LogP contribution in [0.4, 0.5) is 0 Å². The van der Waals surface area contributed by atoms with Crippen LogP contribution in [0.25, 0.3) is 0 Å². The van der Waals surface area contributed by atoms with Gasteiger partial charge in [0.25, 0.3) is 0 Å². The van der Waals surface area contributed by atoms with Gasteiger partial charge in [-0.3, -0.25) is 4.79 Å². The fraction of sp³-hybridized carbons (Fsp3) is 0.667. The first-order valence-electron chi connectivity index (χ1n) is 4.27. The molecule has 0 saturated heterocycles. The van der Waals surface area contributed by atoms with Gasteiger partial charge in [0.2, 0.25) is 0 Å². The summed E-state index contributed by atoms with van der Waals surface area (Å²) in [5.74, 6) is -0.555. The number of aliphatic hydroxyl groups excluding tert-OH is 2. The number of allylic oxidation sites excluding steroid dienone is 1. The number of hydrogen-bond acceptors (Lipinski definition) is 4. The zero-order valence-electron chi connectivity index (χ0n) is 7.51. The molecule has 3 atom stereocenters. The van der Waals surface area contributed by atoms with E-state index in [1.165, 1.54) is 6.92 Å². The fourth-order valence-corrected chi connectivity index (χ4v) is 1.32. The van der Waals surface area contributed by atoms with Gasteiger partial charge in [-0.1, -0.05) is 12.2 Å². The molecule has 0 bridgehead atoms. The fourth-order valence-electron chi connectivity index (χ4n) is 1.32. The summed E-state index contributed by atoms with van der Waals surface area (Å²) in [5, 5.41) is 18.7. The molecule has 0 saturated carbocycles. The van der Waals surface area contributed by atoms with Crippen molar-refractivity contribution in [3.05, 3.63) is 12.2 Å². The van der Waals surface area contributed by atoms with Crippen LogP contribution >= 0.6 is 0 Å². The van der Waals surface area contributed by atoms with E-state index in [1.807, 2.05) is 0 Å². The molecule has 4 heteroatoms. The van der Waals surface area contributed by atoms with E-state index < -0.39 is 12.2 Å². The van der Waals surface area contributed by atoms with Crippen molar-refractivity contribution in [2.45, 2.75) is 25.6 Å². The van der Waals surface area contributed by atoms with Crippen molar-refractivity contribution in [1.29, 1.82) is 0 Å². The Morgan fingerprint density at radius 2 is 2.31 bits per heavy atom. The van der Waals surface area contributed by atoms with E-state index >= 15 is 0 Å². The van der Waals surface area contributed by atoms with Crippen molar-refractivity contribution in [3.8, 4) is 0 Å². The monoisotopic (exact) mass is 186 g/mol. The number of ether oxygens (including phenoxy) is 1. The molecule has 0 aliphatic heterocycles. The van der Waals surface area contributed by atoms with Gasteiger partial charge in [-0.25, -0.2) is 0 Å². The molecule has 0 spiro atoms. The summed E-state index contributed by atoms with van der Waals surface area (Å²) in [6.45, 7) is 1.49. The second-order valence-electron chi connectivity index (χ2n) is 3.21. The summed E-state index contributed by atoms with van der Waals surface area (Å²) < 4.78 is 4.76. The quantitative estimate of drug-likeness (QED) is 0.465. The van der Waals surface area contributed by atoms with Crippen molar-refractivity contribution >= 4 is 5.97 Å². The summed E-state index contributed by atoms with van der Waals surface area (Å²) in [4.78, 5) is 10.5. The lowest BCUT2D eigenvalue weighted by Gasteiger charge is -2.27. The van der Waals surface area contributed by atoms with Crippen LogP contribution in [0.3, 0.4) is 0 Å². The van der Waals surface area contributed by atoms with Gasteiger partial charge < -0.3 is 14.9 Å². The Balaban J connectivity index is 2.42. The molecule has 0 heterocycles.